The Bertz CT molecular complexity index is 226. The predicted molar refractivity (Wildman–Crippen MR) is 48.9 cm³/mol. The molecule has 0 atom stereocenters. The molecule has 0 fully saturated rings. The van der Waals surface area contributed by atoms with Crippen LogP contribution in [0.1, 0.15) is 19.8 Å². The summed E-state index contributed by atoms with van der Waals surface area (Å²) in [5, 5.41) is 1.49. The predicted octanol–water partition coefficient (Wildman–Crippen LogP) is 1.43. The van der Waals surface area contributed by atoms with E-state index in [4.69, 9.17) is 4.84 Å². The number of hydrogen-bond donors (Lipinski definition) is 0. The minimum absolute atomic E-state index is 0.196. The first-order chi connectivity index (χ1) is 6.26. The van der Waals surface area contributed by atoms with E-state index < -0.39 is 0 Å². The van der Waals surface area contributed by atoms with Crippen molar-refractivity contribution in [1.82, 2.24) is 9.96 Å². The first-order valence-corrected chi connectivity index (χ1v) is 4.30. The van der Waals surface area contributed by atoms with Crippen LogP contribution in [0.5, 0.6) is 0 Å². The van der Waals surface area contributed by atoms with Gasteiger partial charge < -0.3 is 9.74 Å². The van der Waals surface area contributed by atoms with Crippen LogP contribution in [0.3, 0.4) is 0 Å². The average molecular weight is 182 g/mol. The van der Waals surface area contributed by atoms with Gasteiger partial charge >= 0.3 is 5.97 Å². The topological polar surface area (TPSA) is 32.8 Å². The zero-order valence-corrected chi connectivity index (χ0v) is 7.77. The molecule has 0 aliphatic carbocycles. The van der Waals surface area contributed by atoms with E-state index in [1.807, 2.05) is 11.8 Å². The molecule has 13 heavy (non-hydrogen) atoms. The normalized spacial score (nSPS) is 14.8. The summed E-state index contributed by atoms with van der Waals surface area (Å²) in [6.07, 6.45) is 6.44. The summed E-state index contributed by atoms with van der Waals surface area (Å²) >= 11 is 0. The van der Waals surface area contributed by atoms with Gasteiger partial charge in [0.25, 0.3) is 0 Å². The molecule has 0 unspecified atom stereocenters. The Morgan fingerprint density at radius 2 is 2.46 bits per heavy atom. The van der Waals surface area contributed by atoms with E-state index in [1.165, 1.54) is 5.06 Å². The fourth-order valence-electron chi connectivity index (χ4n) is 0.974. The molecule has 0 aromatic heterocycles. The third-order valence-corrected chi connectivity index (χ3v) is 1.63. The quantitative estimate of drug-likeness (QED) is 0.658. The fraction of sp³-hybridized carbons (Fsp3) is 0.444. The monoisotopic (exact) mass is 182 g/mol. The summed E-state index contributed by atoms with van der Waals surface area (Å²) in [6.45, 7) is 6.07. The lowest BCUT2D eigenvalue weighted by atomic mass is 10.3. The zero-order chi connectivity index (χ0) is 9.68. The van der Waals surface area contributed by atoms with Crippen molar-refractivity contribution in [2.75, 3.05) is 6.67 Å². The van der Waals surface area contributed by atoms with Gasteiger partial charge in [0.2, 0.25) is 0 Å². The van der Waals surface area contributed by atoms with Gasteiger partial charge in [-0.1, -0.05) is 13.5 Å². The van der Waals surface area contributed by atoms with Gasteiger partial charge in [0.1, 0.15) is 6.67 Å². The van der Waals surface area contributed by atoms with Crippen molar-refractivity contribution in [2.24, 2.45) is 0 Å². The number of carbonyl (C=O) groups is 1. The molecule has 1 rings (SSSR count). The van der Waals surface area contributed by atoms with E-state index in [9.17, 15) is 4.79 Å². The molecule has 72 valence electrons. The highest BCUT2D eigenvalue weighted by Crippen LogP contribution is 2.07. The van der Waals surface area contributed by atoms with Crippen LogP contribution in [0.25, 0.3) is 0 Å². The zero-order valence-electron chi connectivity index (χ0n) is 7.77. The van der Waals surface area contributed by atoms with E-state index in [0.29, 0.717) is 13.1 Å². The summed E-state index contributed by atoms with van der Waals surface area (Å²) in [7, 11) is 0. The molecule has 0 N–H and O–H groups in total. The maximum absolute atomic E-state index is 11.1. The van der Waals surface area contributed by atoms with Crippen molar-refractivity contribution in [1.29, 1.82) is 0 Å². The smallest absolute Gasteiger partial charge is 0.332 e. The molecule has 1 aliphatic heterocycles. The molecule has 0 aromatic carbocycles. The number of hydrogen-bond acceptors (Lipinski definition) is 4. The summed E-state index contributed by atoms with van der Waals surface area (Å²) < 4.78 is 0. The van der Waals surface area contributed by atoms with Gasteiger partial charge in [0.05, 0.1) is 6.20 Å². The summed E-state index contributed by atoms with van der Waals surface area (Å²) in [6, 6.07) is 0. The van der Waals surface area contributed by atoms with Crippen LogP contribution in [-0.4, -0.2) is 22.6 Å². The fourth-order valence-corrected chi connectivity index (χ4v) is 0.974. The van der Waals surface area contributed by atoms with Crippen LogP contribution in [-0.2, 0) is 9.63 Å². The molecule has 0 bridgehead atoms. The highest BCUT2D eigenvalue weighted by atomic mass is 16.7. The van der Waals surface area contributed by atoms with E-state index in [1.54, 1.807) is 18.6 Å². The second-order valence-electron chi connectivity index (χ2n) is 2.77. The SMILES string of the molecule is C=CN1C=CN(OC(=O)CCC)C1. The van der Waals surface area contributed by atoms with Gasteiger partial charge in [0, 0.05) is 12.6 Å². The van der Waals surface area contributed by atoms with Crippen LogP contribution >= 0.6 is 0 Å². The maximum atomic E-state index is 11.1. The Balaban J connectivity index is 2.28. The van der Waals surface area contributed by atoms with E-state index in [0.717, 1.165) is 6.42 Å². The Hall–Kier alpha value is -1.45. The molecule has 0 aromatic rings. The van der Waals surface area contributed by atoms with Crippen LogP contribution < -0.4 is 0 Å². The van der Waals surface area contributed by atoms with E-state index in [-0.39, 0.29) is 5.97 Å². The largest absolute Gasteiger partial charge is 0.340 e. The van der Waals surface area contributed by atoms with Gasteiger partial charge in [-0.3, -0.25) is 0 Å². The summed E-state index contributed by atoms with van der Waals surface area (Å²) in [5.41, 5.74) is 0. The number of hydroxylamine groups is 2. The molecule has 0 saturated carbocycles. The molecule has 0 spiro atoms. The number of rotatable bonds is 4. The third kappa shape index (κ3) is 2.82. The maximum Gasteiger partial charge on any atom is 0.332 e. The van der Waals surface area contributed by atoms with Crippen molar-refractivity contribution in [2.45, 2.75) is 19.8 Å². The van der Waals surface area contributed by atoms with Gasteiger partial charge in [-0.15, -0.1) is 0 Å². The highest BCUT2D eigenvalue weighted by Gasteiger charge is 2.13. The molecule has 4 nitrogen and oxygen atoms in total. The Kier molecular flexibility index (Phi) is 3.37. The minimum atomic E-state index is -0.196. The van der Waals surface area contributed by atoms with Gasteiger partial charge in [-0.2, -0.15) is 5.06 Å². The Morgan fingerprint density at radius 1 is 1.69 bits per heavy atom. The van der Waals surface area contributed by atoms with Crippen LogP contribution in [0.4, 0.5) is 0 Å². The highest BCUT2D eigenvalue weighted by molar-refractivity contribution is 5.68. The average Bonchev–Trinajstić information content (AvgIpc) is 2.52. The van der Waals surface area contributed by atoms with Crippen LogP contribution in [0, 0.1) is 0 Å². The molecule has 1 heterocycles. The second kappa shape index (κ2) is 4.54. The van der Waals surface area contributed by atoms with Crippen molar-refractivity contribution in [3.8, 4) is 0 Å². The van der Waals surface area contributed by atoms with Crippen LogP contribution in [0.2, 0.25) is 0 Å². The molecule has 0 saturated heterocycles. The number of nitrogens with zero attached hydrogens (tertiary/aromatic N) is 2. The van der Waals surface area contributed by atoms with E-state index in [2.05, 4.69) is 6.58 Å². The molecular weight excluding hydrogens is 168 g/mol. The first-order valence-electron chi connectivity index (χ1n) is 4.30. The van der Waals surface area contributed by atoms with E-state index >= 15 is 0 Å². The lowest BCUT2D eigenvalue weighted by Gasteiger charge is -2.16. The Labute approximate surface area is 78.0 Å². The van der Waals surface area contributed by atoms with Crippen molar-refractivity contribution >= 4 is 5.97 Å². The van der Waals surface area contributed by atoms with Crippen LogP contribution in [0.15, 0.2) is 25.2 Å². The molecule has 4 heteroatoms. The standard InChI is InChI=1S/C9H14N2O2/c1-3-5-9(12)13-11-7-6-10(4-2)8-11/h4,6-7H,2-3,5,8H2,1H3. The first kappa shape index (κ1) is 9.64. The van der Waals surface area contributed by atoms with Gasteiger partial charge in [-0.25, -0.2) is 4.79 Å². The summed E-state index contributed by atoms with van der Waals surface area (Å²) in [4.78, 5) is 17.9. The van der Waals surface area contributed by atoms with Crippen molar-refractivity contribution in [3.63, 3.8) is 0 Å². The van der Waals surface area contributed by atoms with Crippen molar-refractivity contribution < 1.29 is 9.63 Å². The molecular formula is C9H14N2O2. The second-order valence-corrected chi connectivity index (χ2v) is 2.77. The molecule has 0 radical (unpaired) electrons. The molecule has 0 amide bonds. The third-order valence-electron chi connectivity index (χ3n) is 1.63. The van der Waals surface area contributed by atoms with Gasteiger partial charge in [0.15, 0.2) is 0 Å². The summed E-state index contributed by atoms with van der Waals surface area (Å²) in [5.74, 6) is -0.196. The lowest BCUT2D eigenvalue weighted by molar-refractivity contribution is -0.179. The lowest BCUT2D eigenvalue weighted by Crippen LogP contribution is -2.25. The molecule has 1 aliphatic rings. The van der Waals surface area contributed by atoms with Crippen molar-refractivity contribution in [3.05, 3.63) is 25.2 Å². The van der Waals surface area contributed by atoms with Gasteiger partial charge in [-0.05, 0) is 12.6 Å². The Morgan fingerprint density at radius 3 is 3.00 bits per heavy atom. The minimum Gasteiger partial charge on any atom is -0.340 e. The number of carbonyl (C=O) groups excluding carboxylic acids is 1.